The van der Waals surface area contributed by atoms with Gasteiger partial charge >= 0.3 is 0 Å². The van der Waals surface area contributed by atoms with E-state index in [0.717, 1.165) is 18.5 Å². The first-order valence-corrected chi connectivity index (χ1v) is 6.12. The van der Waals surface area contributed by atoms with E-state index in [1.54, 1.807) is 12.1 Å². The molecule has 90 valence electrons. The molecule has 2 heteroatoms. The van der Waals surface area contributed by atoms with Crippen molar-refractivity contribution < 1.29 is 9.53 Å². The van der Waals surface area contributed by atoms with E-state index in [9.17, 15) is 4.79 Å². The SMILES string of the molecule is O=Cc1cccc(OCC2Cc3ccccc32)c1. The number of hydrogen-bond donors (Lipinski definition) is 0. The highest BCUT2D eigenvalue weighted by molar-refractivity contribution is 5.75. The normalized spacial score (nSPS) is 16.6. The monoisotopic (exact) mass is 238 g/mol. The maximum Gasteiger partial charge on any atom is 0.150 e. The lowest BCUT2D eigenvalue weighted by Gasteiger charge is -2.29. The predicted molar refractivity (Wildman–Crippen MR) is 70.2 cm³/mol. The van der Waals surface area contributed by atoms with Crippen LogP contribution in [0.1, 0.15) is 27.4 Å². The maximum atomic E-state index is 10.7. The highest BCUT2D eigenvalue weighted by atomic mass is 16.5. The van der Waals surface area contributed by atoms with E-state index >= 15 is 0 Å². The number of benzene rings is 2. The Bertz CT molecular complexity index is 575. The molecule has 1 unspecified atom stereocenters. The lowest BCUT2D eigenvalue weighted by atomic mass is 9.78. The Morgan fingerprint density at radius 3 is 2.89 bits per heavy atom. The molecule has 0 aromatic heterocycles. The quantitative estimate of drug-likeness (QED) is 0.764. The van der Waals surface area contributed by atoms with Crippen molar-refractivity contribution in [2.24, 2.45) is 0 Å². The molecule has 2 aromatic rings. The fourth-order valence-electron chi connectivity index (χ4n) is 2.39. The van der Waals surface area contributed by atoms with Crippen molar-refractivity contribution in [3.8, 4) is 5.75 Å². The molecule has 18 heavy (non-hydrogen) atoms. The highest BCUT2D eigenvalue weighted by Gasteiger charge is 2.25. The van der Waals surface area contributed by atoms with Gasteiger partial charge < -0.3 is 4.74 Å². The standard InChI is InChI=1S/C16H14O2/c17-10-12-4-3-6-15(8-12)18-11-14-9-13-5-1-2-7-16(13)14/h1-8,10,14H,9,11H2. The van der Waals surface area contributed by atoms with E-state index in [4.69, 9.17) is 4.74 Å². The van der Waals surface area contributed by atoms with Crippen molar-refractivity contribution in [1.82, 2.24) is 0 Å². The predicted octanol–water partition coefficient (Wildman–Crippen LogP) is 3.22. The first kappa shape index (κ1) is 11.0. The van der Waals surface area contributed by atoms with E-state index in [-0.39, 0.29) is 0 Å². The van der Waals surface area contributed by atoms with Gasteiger partial charge in [-0.2, -0.15) is 0 Å². The van der Waals surface area contributed by atoms with E-state index in [0.29, 0.717) is 18.1 Å². The number of hydrogen-bond acceptors (Lipinski definition) is 2. The molecule has 3 rings (SSSR count). The average Bonchev–Trinajstić information content (AvgIpc) is 2.40. The summed E-state index contributed by atoms with van der Waals surface area (Å²) in [7, 11) is 0. The topological polar surface area (TPSA) is 26.3 Å². The zero-order chi connectivity index (χ0) is 12.4. The van der Waals surface area contributed by atoms with Gasteiger partial charge in [0.2, 0.25) is 0 Å². The molecule has 0 fully saturated rings. The van der Waals surface area contributed by atoms with Crippen molar-refractivity contribution in [2.75, 3.05) is 6.61 Å². The second-order valence-corrected chi connectivity index (χ2v) is 4.60. The summed E-state index contributed by atoms with van der Waals surface area (Å²) in [6.07, 6.45) is 1.93. The maximum absolute atomic E-state index is 10.7. The number of carbonyl (C=O) groups is 1. The van der Waals surface area contributed by atoms with Crippen molar-refractivity contribution >= 4 is 6.29 Å². The zero-order valence-corrected chi connectivity index (χ0v) is 10.0. The molecule has 0 aliphatic heterocycles. The van der Waals surface area contributed by atoms with Gasteiger partial charge in [0, 0.05) is 11.5 Å². The van der Waals surface area contributed by atoms with E-state index in [1.807, 2.05) is 12.1 Å². The minimum Gasteiger partial charge on any atom is -0.493 e. The van der Waals surface area contributed by atoms with Gasteiger partial charge in [-0.15, -0.1) is 0 Å². The van der Waals surface area contributed by atoms with Crippen LogP contribution in [0.3, 0.4) is 0 Å². The third-order valence-electron chi connectivity index (χ3n) is 3.41. The lowest BCUT2D eigenvalue weighted by Crippen LogP contribution is -2.23. The molecule has 1 atom stereocenters. The van der Waals surface area contributed by atoms with Crippen LogP contribution in [0.25, 0.3) is 0 Å². The van der Waals surface area contributed by atoms with Gasteiger partial charge in [-0.1, -0.05) is 36.4 Å². The van der Waals surface area contributed by atoms with Crippen LogP contribution in [-0.4, -0.2) is 12.9 Å². The zero-order valence-electron chi connectivity index (χ0n) is 10.0. The van der Waals surface area contributed by atoms with Gasteiger partial charge in [0.05, 0.1) is 6.61 Å². The molecule has 2 nitrogen and oxygen atoms in total. The lowest BCUT2D eigenvalue weighted by molar-refractivity contribution is 0.112. The van der Waals surface area contributed by atoms with E-state index in [1.165, 1.54) is 11.1 Å². The van der Waals surface area contributed by atoms with Crippen molar-refractivity contribution in [3.63, 3.8) is 0 Å². The number of aldehydes is 1. The summed E-state index contributed by atoms with van der Waals surface area (Å²) in [6.45, 7) is 0.680. The summed E-state index contributed by atoms with van der Waals surface area (Å²) in [5.41, 5.74) is 3.47. The first-order valence-electron chi connectivity index (χ1n) is 6.12. The minimum atomic E-state index is 0.487. The Hall–Kier alpha value is -2.09. The molecule has 1 aliphatic rings. The highest BCUT2D eigenvalue weighted by Crippen LogP contribution is 2.35. The smallest absolute Gasteiger partial charge is 0.150 e. The Labute approximate surface area is 106 Å². The van der Waals surface area contributed by atoms with Gasteiger partial charge in [0.25, 0.3) is 0 Å². The Kier molecular flexibility index (Phi) is 2.85. The second kappa shape index (κ2) is 4.65. The van der Waals surface area contributed by atoms with Gasteiger partial charge in [0.15, 0.2) is 0 Å². The van der Waals surface area contributed by atoms with Gasteiger partial charge in [-0.05, 0) is 29.7 Å². The Morgan fingerprint density at radius 2 is 2.06 bits per heavy atom. The summed E-state index contributed by atoms with van der Waals surface area (Å²) >= 11 is 0. The number of ether oxygens (including phenoxy) is 1. The van der Waals surface area contributed by atoms with Gasteiger partial charge in [-0.25, -0.2) is 0 Å². The fraction of sp³-hybridized carbons (Fsp3) is 0.188. The Morgan fingerprint density at radius 1 is 1.17 bits per heavy atom. The van der Waals surface area contributed by atoms with Gasteiger partial charge in [-0.3, -0.25) is 4.79 Å². The van der Waals surface area contributed by atoms with Gasteiger partial charge in [0.1, 0.15) is 12.0 Å². The summed E-state index contributed by atoms with van der Waals surface area (Å²) < 4.78 is 5.75. The molecule has 0 saturated carbocycles. The molecule has 0 bridgehead atoms. The van der Waals surface area contributed by atoms with Crippen LogP contribution in [-0.2, 0) is 6.42 Å². The molecule has 0 heterocycles. The van der Waals surface area contributed by atoms with E-state index in [2.05, 4.69) is 24.3 Å². The largest absolute Gasteiger partial charge is 0.493 e. The molecule has 0 N–H and O–H groups in total. The molecular weight excluding hydrogens is 224 g/mol. The molecular formula is C16H14O2. The summed E-state index contributed by atoms with van der Waals surface area (Å²) in [4.78, 5) is 10.7. The third kappa shape index (κ3) is 2.02. The molecule has 0 saturated heterocycles. The fourth-order valence-corrected chi connectivity index (χ4v) is 2.39. The third-order valence-corrected chi connectivity index (χ3v) is 3.41. The van der Waals surface area contributed by atoms with Crippen LogP contribution in [0.15, 0.2) is 48.5 Å². The summed E-state index contributed by atoms with van der Waals surface area (Å²) in [5.74, 6) is 1.25. The van der Waals surface area contributed by atoms with Crippen LogP contribution in [0.5, 0.6) is 5.75 Å². The molecule has 0 radical (unpaired) electrons. The van der Waals surface area contributed by atoms with Crippen LogP contribution >= 0.6 is 0 Å². The molecule has 2 aromatic carbocycles. The average molecular weight is 238 g/mol. The van der Waals surface area contributed by atoms with Crippen LogP contribution < -0.4 is 4.74 Å². The van der Waals surface area contributed by atoms with E-state index < -0.39 is 0 Å². The molecule has 0 amide bonds. The van der Waals surface area contributed by atoms with Crippen LogP contribution in [0.2, 0.25) is 0 Å². The number of carbonyl (C=O) groups excluding carboxylic acids is 1. The molecule has 0 spiro atoms. The van der Waals surface area contributed by atoms with Crippen molar-refractivity contribution in [1.29, 1.82) is 0 Å². The Balaban J connectivity index is 1.64. The number of rotatable bonds is 4. The number of fused-ring (bicyclic) bond motifs is 1. The molecule has 1 aliphatic carbocycles. The summed E-state index contributed by atoms with van der Waals surface area (Å²) in [5, 5.41) is 0. The summed E-state index contributed by atoms with van der Waals surface area (Å²) in [6, 6.07) is 15.7. The minimum absolute atomic E-state index is 0.487. The second-order valence-electron chi connectivity index (χ2n) is 4.60. The van der Waals surface area contributed by atoms with Crippen molar-refractivity contribution in [2.45, 2.75) is 12.3 Å². The first-order chi connectivity index (χ1) is 8.86. The van der Waals surface area contributed by atoms with Crippen molar-refractivity contribution in [3.05, 3.63) is 65.2 Å². The van der Waals surface area contributed by atoms with Crippen LogP contribution in [0.4, 0.5) is 0 Å². The van der Waals surface area contributed by atoms with Crippen LogP contribution in [0, 0.1) is 0 Å².